The van der Waals surface area contributed by atoms with Crippen molar-refractivity contribution in [3.8, 4) is 0 Å². The van der Waals surface area contributed by atoms with E-state index in [1.54, 1.807) is 25.4 Å². The third kappa shape index (κ3) is 3.58. The van der Waals surface area contributed by atoms with E-state index in [9.17, 15) is 9.90 Å². The number of aliphatic hydroxyl groups excluding tert-OH is 1. The summed E-state index contributed by atoms with van der Waals surface area (Å²) < 4.78 is 0. The summed E-state index contributed by atoms with van der Waals surface area (Å²) in [6, 6.07) is 11.1. The molecule has 0 aliphatic rings. The first-order chi connectivity index (χ1) is 10.1. The maximum absolute atomic E-state index is 11.7. The van der Waals surface area contributed by atoms with Crippen LogP contribution in [0.25, 0.3) is 0 Å². The van der Waals surface area contributed by atoms with Crippen LogP contribution in [0.2, 0.25) is 0 Å². The van der Waals surface area contributed by atoms with Gasteiger partial charge in [0, 0.05) is 19.8 Å². The number of anilines is 1. The molecule has 0 aliphatic heterocycles. The molecule has 0 aliphatic carbocycles. The number of nitrogens with one attached hydrogen (secondary N) is 2. The van der Waals surface area contributed by atoms with Gasteiger partial charge in [0.05, 0.1) is 11.7 Å². The number of hydrogen-bond acceptors (Lipinski definition) is 4. The van der Waals surface area contributed by atoms with E-state index >= 15 is 0 Å². The van der Waals surface area contributed by atoms with Crippen molar-refractivity contribution in [1.82, 2.24) is 10.3 Å². The van der Waals surface area contributed by atoms with Crippen molar-refractivity contribution >= 4 is 11.7 Å². The molecule has 1 aromatic carbocycles. The van der Waals surface area contributed by atoms with Crippen LogP contribution in [0.1, 0.15) is 27.6 Å². The number of aromatic nitrogens is 1. The van der Waals surface area contributed by atoms with Gasteiger partial charge in [-0.2, -0.15) is 0 Å². The van der Waals surface area contributed by atoms with Crippen LogP contribution in [0.5, 0.6) is 0 Å². The number of rotatable bonds is 5. The summed E-state index contributed by atoms with van der Waals surface area (Å²) in [4.78, 5) is 15.9. The lowest BCUT2D eigenvalue weighted by atomic mass is 10.0. The molecule has 1 amide bonds. The summed E-state index contributed by atoms with van der Waals surface area (Å²) in [5, 5.41) is 15.9. The second-order valence-corrected chi connectivity index (χ2v) is 4.73. The molecule has 1 unspecified atom stereocenters. The van der Waals surface area contributed by atoms with Crippen molar-refractivity contribution in [2.45, 2.75) is 13.0 Å². The highest BCUT2D eigenvalue weighted by Gasteiger charge is 2.13. The van der Waals surface area contributed by atoms with Crippen LogP contribution < -0.4 is 10.6 Å². The lowest BCUT2D eigenvalue weighted by Gasteiger charge is -2.16. The van der Waals surface area contributed by atoms with Gasteiger partial charge in [0.2, 0.25) is 0 Å². The average molecular weight is 285 g/mol. The first kappa shape index (κ1) is 15.0. The van der Waals surface area contributed by atoms with Crippen LogP contribution in [0.4, 0.5) is 5.82 Å². The van der Waals surface area contributed by atoms with E-state index in [0.717, 1.165) is 11.1 Å². The average Bonchev–Trinajstić information content (AvgIpc) is 2.52. The molecule has 0 saturated carbocycles. The quantitative estimate of drug-likeness (QED) is 0.784. The van der Waals surface area contributed by atoms with Crippen molar-refractivity contribution in [1.29, 1.82) is 0 Å². The Balaban J connectivity index is 2.10. The van der Waals surface area contributed by atoms with Crippen LogP contribution in [-0.4, -0.2) is 29.6 Å². The Morgan fingerprint density at radius 1 is 1.29 bits per heavy atom. The number of aryl methyl sites for hydroxylation is 1. The van der Waals surface area contributed by atoms with Crippen LogP contribution in [0, 0.1) is 6.92 Å². The zero-order valence-electron chi connectivity index (χ0n) is 12.1. The van der Waals surface area contributed by atoms with Gasteiger partial charge in [0.25, 0.3) is 5.91 Å². The third-order valence-corrected chi connectivity index (χ3v) is 3.29. The zero-order chi connectivity index (χ0) is 15.2. The van der Waals surface area contributed by atoms with Crippen LogP contribution in [-0.2, 0) is 0 Å². The highest BCUT2D eigenvalue weighted by molar-refractivity contribution is 5.98. The number of aliphatic hydroxyl groups is 1. The number of benzene rings is 1. The summed E-state index contributed by atoms with van der Waals surface area (Å²) in [5.41, 5.74) is 2.35. The van der Waals surface area contributed by atoms with Gasteiger partial charge in [-0.05, 0) is 30.2 Å². The number of nitrogens with zero attached hydrogens (tertiary/aromatic N) is 1. The van der Waals surface area contributed by atoms with Crippen LogP contribution in [0.15, 0.2) is 42.6 Å². The number of hydrogen-bond donors (Lipinski definition) is 3. The van der Waals surface area contributed by atoms with Gasteiger partial charge in [-0.25, -0.2) is 4.98 Å². The fraction of sp³-hybridized carbons (Fsp3) is 0.250. The molecule has 0 fully saturated rings. The van der Waals surface area contributed by atoms with Crippen LogP contribution in [0.3, 0.4) is 0 Å². The number of carbonyl (C=O) groups excluding carboxylic acids is 1. The van der Waals surface area contributed by atoms with Crippen molar-refractivity contribution in [2.75, 3.05) is 18.9 Å². The van der Waals surface area contributed by atoms with E-state index in [0.29, 0.717) is 11.4 Å². The largest absolute Gasteiger partial charge is 0.387 e. The number of amides is 1. The highest BCUT2D eigenvalue weighted by atomic mass is 16.3. The Kier molecular flexibility index (Phi) is 4.90. The molecular weight excluding hydrogens is 266 g/mol. The smallest absolute Gasteiger partial charge is 0.254 e. The summed E-state index contributed by atoms with van der Waals surface area (Å²) in [5.74, 6) is 0.250. The molecule has 0 saturated heterocycles. The first-order valence-electron chi connectivity index (χ1n) is 6.78. The fourth-order valence-corrected chi connectivity index (χ4v) is 2.13. The molecule has 21 heavy (non-hydrogen) atoms. The predicted molar refractivity (Wildman–Crippen MR) is 82.3 cm³/mol. The minimum absolute atomic E-state index is 0.212. The monoisotopic (exact) mass is 285 g/mol. The van der Waals surface area contributed by atoms with Gasteiger partial charge in [-0.3, -0.25) is 4.79 Å². The molecule has 1 aromatic heterocycles. The Morgan fingerprint density at radius 2 is 2.05 bits per heavy atom. The predicted octanol–water partition coefficient (Wildman–Crippen LogP) is 1.90. The van der Waals surface area contributed by atoms with E-state index in [2.05, 4.69) is 15.6 Å². The van der Waals surface area contributed by atoms with E-state index in [-0.39, 0.29) is 12.5 Å². The molecule has 5 heteroatoms. The second-order valence-electron chi connectivity index (χ2n) is 4.73. The van der Waals surface area contributed by atoms with Gasteiger partial charge < -0.3 is 15.7 Å². The SMILES string of the molecule is CNC(=O)c1cccnc1NCC(O)c1ccccc1C. The molecule has 1 atom stereocenters. The molecule has 3 N–H and O–H groups in total. The molecule has 2 rings (SSSR count). The highest BCUT2D eigenvalue weighted by Crippen LogP contribution is 2.18. The first-order valence-corrected chi connectivity index (χ1v) is 6.78. The molecule has 0 radical (unpaired) electrons. The number of pyridine rings is 1. The summed E-state index contributed by atoms with van der Waals surface area (Å²) in [6.45, 7) is 2.24. The Bertz CT molecular complexity index is 628. The topological polar surface area (TPSA) is 74.2 Å². The Morgan fingerprint density at radius 3 is 2.76 bits per heavy atom. The van der Waals surface area contributed by atoms with Crippen molar-refractivity contribution in [3.05, 3.63) is 59.3 Å². The molecular formula is C16H19N3O2. The third-order valence-electron chi connectivity index (χ3n) is 3.29. The van der Waals surface area contributed by atoms with E-state index in [1.807, 2.05) is 31.2 Å². The Hall–Kier alpha value is -2.40. The van der Waals surface area contributed by atoms with Gasteiger partial charge in [-0.15, -0.1) is 0 Å². The van der Waals surface area contributed by atoms with Crippen molar-refractivity contribution < 1.29 is 9.90 Å². The summed E-state index contributed by atoms with van der Waals surface area (Å²) >= 11 is 0. The van der Waals surface area contributed by atoms with Crippen LogP contribution >= 0.6 is 0 Å². The summed E-state index contributed by atoms with van der Waals surface area (Å²) in [7, 11) is 1.57. The molecule has 5 nitrogen and oxygen atoms in total. The van der Waals surface area contributed by atoms with Gasteiger partial charge >= 0.3 is 0 Å². The second kappa shape index (κ2) is 6.85. The molecule has 0 bridgehead atoms. The van der Waals surface area contributed by atoms with E-state index < -0.39 is 6.10 Å². The van der Waals surface area contributed by atoms with E-state index in [4.69, 9.17) is 0 Å². The lowest BCUT2D eigenvalue weighted by Crippen LogP contribution is -2.21. The fourth-order valence-electron chi connectivity index (χ4n) is 2.13. The van der Waals surface area contributed by atoms with E-state index in [1.165, 1.54) is 0 Å². The van der Waals surface area contributed by atoms with Gasteiger partial charge in [0.15, 0.2) is 0 Å². The maximum Gasteiger partial charge on any atom is 0.254 e. The standard InChI is InChI=1S/C16H19N3O2/c1-11-6-3-4-7-12(11)14(20)10-19-15-13(16(21)17-2)8-5-9-18-15/h3-9,14,20H,10H2,1-2H3,(H,17,21)(H,18,19). The Labute approximate surface area is 124 Å². The summed E-state index contributed by atoms with van der Waals surface area (Å²) in [6.07, 6.45) is 0.945. The molecule has 2 aromatic rings. The normalized spacial score (nSPS) is 11.8. The zero-order valence-corrected chi connectivity index (χ0v) is 12.1. The molecule has 1 heterocycles. The molecule has 0 spiro atoms. The van der Waals surface area contributed by atoms with Gasteiger partial charge in [-0.1, -0.05) is 24.3 Å². The minimum atomic E-state index is -0.661. The van der Waals surface area contributed by atoms with Crippen molar-refractivity contribution in [2.24, 2.45) is 0 Å². The molecule has 110 valence electrons. The van der Waals surface area contributed by atoms with Crippen molar-refractivity contribution in [3.63, 3.8) is 0 Å². The number of carbonyl (C=O) groups is 1. The maximum atomic E-state index is 11.7. The lowest BCUT2D eigenvalue weighted by molar-refractivity contribution is 0.0963. The minimum Gasteiger partial charge on any atom is -0.387 e. The van der Waals surface area contributed by atoms with Gasteiger partial charge in [0.1, 0.15) is 5.82 Å².